The van der Waals surface area contributed by atoms with Gasteiger partial charge in [0.05, 0.1) is 24.4 Å². The van der Waals surface area contributed by atoms with E-state index in [0.29, 0.717) is 25.2 Å². The van der Waals surface area contributed by atoms with Crippen LogP contribution in [0.5, 0.6) is 5.75 Å². The van der Waals surface area contributed by atoms with E-state index in [1.165, 1.54) is 0 Å². The molecule has 2 aromatic rings. The number of hydrogen-bond donors (Lipinski definition) is 0. The van der Waals surface area contributed by atoms with Crippen molar-refractivity contribution in [2.24, 2.45) is 0 Å². The fourth-order valence-electron chi connectivity index (χ4n) is 2.54. The molecule has 0 N–H and O–H groups in total. The molecule has 1 aliphatic heterocycles. The Labute approximate surface area is 111 Å². The highest BCUT2D eigenvalue weighted by atomic mass is 16.5. The van der Waals surface area contributed by atoms with Crippen LogP contribution >= 0.6 is 0 Å². The van der Waals surface area contributed by atoms with E-state index in [2.05, 4.69) is 5.10 Å². The summed E-state index contributed by atoms with van der Waals surface area (Å²) in [6.45, 7) is 4.82. The lowest BCUT2D eigenvalue weighted by atomic mass is 10.1. The summed E-state index contributed by atoms with van der Waals surface area (Å²) in [4.78, 5) is 12.2. The lowest BCUT2D eigenvalue weighted by Gasteiger charge is -2.04. The van der Waals surface area contributed by atoms with Crippen LogP contribution in [0, 0.1) is 0 Å². The summed E-state index contributed by atoms with van der Waals surface area (Å²) in [6, 6.07) is 1.90. The Kier molecular flexibility index (Phi) is 2.89. The third kappa shape index (κ3) is 1.77. The van der Waals surface area contributed by atoms with Crippen LogP contribution < -0.4 is 4.74 Å². The van der Waals surface area contributed by atoms with Crippen LogP contribution in [-0.4, -0.2) is 28.8 Å². The highest BCUT2D eigenvalue weighted by Gasteiger charge is 2.26. The van der Waals surface area contributed by atoms with Crippen molar-refractivity contribution in [3.8, 4) is 5.75 Å². The minimum atomic E-state index is -0.297. The van der Waals surface area contributed by atoms with E-state index < -0.39 is 0 Å². The topological polar surface area (TPSA) is 52.8 Å². The molecule has 0 atom stereocenters. The number of rotatable bonds is 3. The molecule has 0 saturated heterocycles. The number of carbonyl (C=O) groups excluding carboxylic acids is 1. The van der Waals surface area contributed by atoms with Crippen molar-refractivity contribution < 1.29 is 14.3 Å². The second-order valence-electron chi connectivity index (χ2n) is 4.45. The van der Waals surface area contributed by atoms with Crippen molar-refractivity contribution >= 4 is 11.5 Å². The molecule has 0 fully saturated rings. The number of esters is 1. The molecular weight excluding hydrogens is 244 g/mol. The van der Waals surface area contributed by atoms with Gasteiger partial charge in [0.15, 0.2) is 0 Å². The predicted molar refractivity (Wildman–Crippen MR) is 69.7 cm³/mol. The first-order valence-electron chi connectivity index (χ1n) is 6.59. The molecule has 0 spiro atoms. The van der Waals surface area contributed by atoms with Gasteiger partial charge in [0.2, 0.25) is 0 Å². The van der Waals surface area contributed by atoms with Gasteiger partial charge in [0, 0.05) is 18.2 Å². The predicted octanol–water partition coefficient (Wildman–Crippen LogP) is 2.01. The van der Waals surface area contributed by atoms with Crippen molar-refractivity contribution in [3.63, 3.8) is 0 Å². The Morgan fingerprint density at radius 3 is 3.11 bits per heavy atom. The number of nitrogens with zero attached hydrogens (tertiary/aromatic N) is 2. The fraction of sp³-hybridized carbons (Fsp3) is 0.429. The molecule has 0 saturated carbocycles. The minimum absolute atomic E-state index is 0.297. The van der Waals surface area contributed by atoms with Gasteiger partial charge in [-0.15, -0.1) is 0 Å². The maximum absolute atomic E-state index is 12.2. The Morgan fingerprint density at radius 2 is 2.37 bits per heavy atom. The van der Waals surface area contributed by atoms with Gasteiger partial charge in [0.25, 0.3) is 0 Å². The van der Waals surface area contributed by atoms with Gasteiger partial charge in [-0.25, -0.2) is 9.31 Å². The molecule has 5 nitrogen and oxygen atoms in total. The summed E-state index contributed by atoms with van der Waals surface area (Å²) in [5.74, 6) is 0.551. The molecule has 0 aliphatic carbocycles. The Balaban J connectivity index is 2.27. The zero-order valence-corrected chi connectivity index (χ0v) is 11.1. The third-order valence-corrected chi connectivity index (χ3v) is 3.36. The first-order chi connectivity index (χ1) is 9.26. The number of hydrogen-bond acceptors (Lipinski definition) is 4. The first kappa shape index (κ1) is 12.0. The van der Waals surface area contributed by atoms with E-state index in [1.807, 2.05) is 26.1 Å². The highest BCUT2D eigenvalue weighted by Crippen LogP contribution is 2.32. The molecule has 100 valence electrons. The molecule has 1 aliphatic rings. The summed E-state index contributed by atoms with van der Waals surface area (Å²) < 4.78 is 12.5. The molecule has 0 amide bonds. The van der Waals surface area contributed by atoms with Crippen molar-refractivity contribution in [1.29, 1.82) is 0 Å². The molecule has 3 heterocycles. The van der Waals surface area contributed by atoms with Gasteiger partial charge < -0.3 is 9.47 Å². The monoisotopic (exact) mass is 260 g/mol. The van der Waals surface area contributed by atoms with Crippen LogP contribution in [-0.2, 0) is 17.6 Å². The van der Waals surface area contributed by atoms with E-state index in [-0.39, 0.29) is 5.97 Å². The smallest absolute Gasteiger partial charge is 0.342 e. The lowest BCUT2D eigenvalue weighted by Crippen LogP contribution is -2.07. The minimum Gasteiger partial charge on any atom is -0.493 e. The van der Waals surface area contributed by atoms with Crippen molar-refractivity contribution in [3.05, 3.63) is 29.1 Å². The molecule has 3 rings (SSSR count). The van der Waals surface area contributed by atoms with Gasteiger partial charge in [-0.05, 0) is 19.4 Å². The van der Waals surface area contributed by atoms with Crippen LogP contribution in [0.15, 0.2) is 12.3 Å². The number of pyridine rings is 1. The van der Waals surface area contributed by atoms with Crippen molar-refractivity contribution in [1.82, 2.24) is 9.61 Å². The van der Waals surface area contributed by atoms with Crippen LogP contribution in [0.2, 0.25) is 0 Å². The van der Waals surface area contributed by atoms with E-state index in [1.54, 1.807) is 4.52 Å². The Morgan fingerprint density at radius 1 is 1.53 bits per heavy atom. The van der Waals surface area contributed by atoms with Gasteiger partial charge in [-0.1, -0.05) is 6.92 Å². The number of ether oxygens (including phenoxy) is 2. The summed E-state index contributed by atoms with van der Waals surface area (Å²) in [5, 5.41) is 4.47. The van der Waals surface area contributed by atoms with E-state index >= 15 is 0 Å². The third-order valence-electron chi connectivity index (χ3n) is 3.36. The average molecular weight is 260 g/mol. The molecule has 0 bridgehead atoms. The number of aryl methyl sites for hydroxylation is 1. The van der Waals surface area contributed by atoms with Crippen LogP contribution in [0.4, 0.5) is 0 Å². The summed E-state index contributed by atoms with van der Waals surface area (Å²) in [5.41, 5.74) is 3.26. The zero-order chi connectivity index (χ0) is 13.4. The number of aromatic nitrogens is 2. The average Bonchev–Trinajstić information content (AvgIpc) is 3.01. The second-order valence-corrected chi connectivity index (χ2v) is 4.45. The molecule has 0 unspecified atom stereocenters. The Hall–Kier alpha value is -2.04. The summed E-state index contributed by atoms with van der Waals surface area (Å²) in [7, 11) is 0. The number of carbonyl (C=O) groups is 1. The normalized spacial score (nSPS) is 13.4. The number of fused-ring (bicyclic) bond motifs is 3. The van der Waals surface area contributed by atoms with Crippen LogP contribution in [0.25, 0.3) is 5.52 Å². The van der Waals surface area contributed by atoms with Crippen LogP contribution in [0.3, 0.4) is 0 Å². The van der Waals surface area contributed by atoms with Gasteiger partial charge >= 0.3 is 5.97 Å². The largest absolute Gasteiger partial charge is 0.493 e. The summed E-state index contributed by atoms with van der Waals surface area (Å²) >= 11 is 0. The second kappa shape index (κ2) is 4.57. The van der Waals surface area contributed by atoms with Gasteiger partial charge in [0.1, 0.15) is 11.3 Å². The molecule has 5 heteroatoms. The van der Waals surface area contributed by atoms with E-state index in [9.17, 15) is 4.79 Å². The molecule has 0 radical (unpaired) electrons. The van der Waals surface area contributed by atoms with Gasteiger partial charge in [-0.3, -0.25) is 0 Å². The molecule has 2 aromatic heterocycles. The van der Waals surface area contributed by atoms with Gasteiger partial charge in [-0.2, -0.15) is 5.10 Å². The Bertz CT molecular complexity index is 646. The maximum atomic E-state index is 12.2. The van der Waals surface area contributed by atoms with Crippen LogP contribution in [0.1, 0.15) is 35.5 Å². The molecule has 0 aromatic carbocycles. The fourth-order valence-corrected chi connectivity index (χ4v) is 2.54. The lowest BCUT2D eigenvalue weighted by molar-refractivity contribution is 0.0527. The first-order valence-corrected chi connectivity index (χ1v) is 6.59. The zero-order valence-electron chi connectivity index (χ0n) is 11.1. The highest BCUT2D eigenvalue weighted by molar-refractivity contribution is 5.99. The van der Waals surface area contributed by atoms with E-state index in [4.69, 9.17) is 9.47 Å². The standard InChI is InChI=1S/C14H16N2O3/c1-3-10-12(14(17)18-4-2)13-9-6-8-19-11(9)5-7-16(13)15-10/h5,7H,3-4,6,8H2,1-2H3. The quantitative estimate of drug-likeness (QED) is 0.792. The van der Waals surface area contributed by atoms with E-state index in [0.717, 1.165) is 28.9 Å². The molecule has 19 heavy (non-hydrogen) atoms. The SMILES string of the molecule is CCOC(=O)c1c(CC)nn2ccc3c(c12)CCO3. The maximum Gasteiger partial charge on any atom is 0.342 e. The molecular formula is C14H16N2O3. The summed E-state index contributed by atoms with van der Waals surface area (Å²) in [6.07, 6.45) is 3.34. The van der Waals surface area contributed by atoms with Crippen molar-refractivity contribution in [2.45, 2.75) is 26.7 Å². The van der Waals surface area contributed by atoms with Crippen molar-refractivity contribution in [2.75, 3.05) is 13.2 Å².